The lowest BCUT2D eigenvalue weighted by atomic mass is 10.1. The Hall–Kier alpha value is -1.98. The summed E-state index contributed by atoms with van der Waals surface area (Å²) in [6.45, 7) is 1.76. The van der Waals surface area contributed by atoms with Gasteiger partial charge in [0, 0.05) is 11.1 Å². The van der Waals surface area contributed by atoms with Gasteiger partial charge < -0.3 is 4.98 Å². The fourth-order valence-corrected chi connectivity index (χ4v) is 2.73. The summed E-state index contributed by atoms with van der Waals surface area (Å²) in [5.74, 6) is 0.441. The largest absolute Gasteiger partial charge is 0.304 e. The third kappa shape index (κ3) is 2.37. The molecule has 6 heteroatoms. The molecule has 0 unspecified atom stereocenters. The molecule has 0 atom stereocenters. The molecule has 0 fully saturated rings. The Morgan fingerprint density at radius 3 is 2.65 bits per heavy atom. The number of thiazole rings is 1. The van der Waals surface area contributed by atoms with E-state index in [-0.39, 0.29) is 5.56 Å². The van der Waals surface area contributed by atoms with Gasteiger partial charge >= 0.3 is 0 Å². The van der Waals surface area contributed by atoms with Gasteiger partial charge in [0.1, 0.15) is 4.34 Å². The first-order valence-electron chi connectivity index (χ1n) is 5.93. The molecule has 0 saturated heterocycles. The van der Waals surface area contributed by atoms with Crippen molar-refractivity contribution in [2.24, 2.45) is 0 Å². The van der Waals surface area contributed by atoms with Crippen molar-refractivity contribution in [3.8, 4) is 22.1 Å². The van der Waals surface area contributed by atoms with E-state index in [1.165, 1.54) is 11.3 Å². The Morgan fingerprint density at radius 2 is 2.00 bits per heavy atom. The fraction of sp³-hybridized carbons (Fsp3) is 0.0714. The Labute approximate surface area is 124 Å². The molecule has 0 radical (unpaired) electrons. The lowest BCUT2D eigenvalue weighted by Gasteiger charge is -2.06. The molecule has 0 aliphatic rings. The number of aromatic nitrogens is 3. The molecule has 1 aromatic carbocycles. The van der Waals surface area contributed by atoms with Crippen molar-refractivity contribution in [2.45, 2.75) is 6.92 Å². The number of rotatable bonds is 2. The molecule has 3 rings (SSSR count). The Kier molecular flexibility index (Phi) is 3.38. The molecule has 1 N–H and O–H groups in total. The van der Waals surface area contributed by atoms with Crippen LogP contribution in [-0.4, -0.2) is 15.0 Å². The van der Waals surface area contributed by atoms with Crippen LogP contribution >= 0.6 is 22.9 Å². The number of H-pyrrole nitrogens is 1. The minimum Gasteiger partial charge on any atom is -0.304 e. The van der Waals surface area contributed by atoms with Gasteiger partial charge in [-0.3, -0.25) is 4.79 Å². The highest BCUT2D eigenvalue weighted by molar-refractivity contribution is 7.18. The maximum Gasteiger partial charge on any atom is 0.254 e. The molecule has 0 amide bonds. The van der Waals surface area contributed by atoms with E-state index in [1.54, 1.807) is 13.1 Å². The molecular formula is C14H10ClN3OS. The summed E-state index contributed by atoms with van der Waals surface area (Å²) < 4.78 is 0.560. The van der Waals surface area contributed by atoms with Gasteiger partial charge in [-0.05, 0) is 6.92 Å². The molecule has 100 valence electrons. The van der Waals surface area contributed by atoms with Crippen LogP contribution in [0.2, 0.25) is 4.34 Å². The van der Waals surface area contributed by atoms with Crippen molar-refractivity contribution >= 4 is 22.9 Å². The summed E-state index contributed by atoms with van der Waals surface area (Å²) in [6.07, 6.45) is 1.55. The topological polar surface area (TPSA) is 58.6 Å². The molecule has 0 bridgehead atoms. The SMILES string of the molecule is Cc1c(-c2ccccc2)nc(-c2ncc(Cl)s2)[nH]c1=O. The number of hydrogen-bond donors (Lipinski definition) is 1. The van der Waals surface area contributed by atoms with Crippen LogP contribution < -0.4 is 5.56 Å². The van der Waals surface area contributed by atoms with Crippen molar-refractivity contribution in [2.75, 3.05) is 0 Å². The van der Waals surface area contributed by atoms with Crippen LogP contribution in [0.3, 0.4) is 0 Å². The van der Waals surface area contributed by atoms with E-state index in [0.29, 0.717) is 26.4 Å². The van der Waals surface area contributed by atoms with Gasteiger partial charge in [-0.1, -0.05) is 53.3 Å². The smallest absolute Gasteiger partial charge is 0.254 e. The molecule has 20 heavy (non-hydrogen) atoms. The molecule has 4 nitrogen and oxygen atoms in total. The van der Waals surface area contributed by atoms with Crippen molar-refractivity contribution in [3.63, 3.8) is 0 Å². The molecule has 3 aromatic rings. The van der Waals surface area contributed by atoms with E-state index < -0.39 is 0 Å². The molecule has 2 aromatic heterocycles. The second kappa shape index (κ2) is 5.19. The van der Waals surface area contributed by atoms with Crippen molar-refractivity contribution < 1.29 is 0 Å². The fourth-order valence-electron chi connectivity index (χ4n) is 1.87. The van der Waals surface area contributed by atoms with Crippen molar-refractivity contribution in [1.82, 2.24) is 15.0 Å². The lowest BCUT2D eigenvalue weighted by Crippen LogP contribution is -2.14. The van der Waals surface area contributed by atoms with Gasteiger partial charge in [0.25, 0.3) is 5.56 Å². The molecule has 0 aliphatic carbocycles. The van der Waals surface area contributed by atoms with Crippen LogP contribution in [-0.2, 0) is 0 Å². The first kappa shape index (κ1) is 13.0. The quantitative estimate of drug-likeness (QED) is 0.788. The number of nitrogens with one attached hydrogen (secondary N) is 1. The zero-order chi connectivity index (χ0) is 14.1. The van der Waals surface area contributed by atoms with Crippen LogP contribution in [0.15, 0.2) is 41.3 Å². The van der Waals surface area contributed by atoms with Gasteiger partial charge in [-0.2, -0.15) is 0 Å². The monoisotopic (exact) mass is 303 g/mol. The average Bonchev–Trinajstić information content (AvgIpc) is 2.89. The van der Waals surface area contributed by atoms with Gasteiger partial charge in [-0.25, -0.2) is 9.97 Å². The summed E-state index contributed by atoms with van der Waals surface area (Å²) in [7, 11) is 0. The zero-order valence-electron chi connectivity index (χ0n) is 10.6. The second-order valence-electron chi connectivity index (χ2n) is 4.22. The van der Waals surface area contributed by atoms with Gasteiger partial charge in [0.15, 0.2) is 10.8 Å². The van der Waals surface area contributed by atoms with Crippen LogP contribution in [0.25, 0.3) is 22.1 Å². The summed E-state index contributed by atoms with van der Waals surface area (Å²) in [5, 5.41) is 0.601. The van der Waals surface area contributed by atoms with Crippen LogP contribution in [0.4, 0.5) is 0 Å². The third-order valence-electron chi connectivity index (χ3n) is 2.88. The molecule has 2 heterocycles. The summed E-state index contributed by atoms with van der Waals surface area (Å²) in [4.78, 5) is 23.5. The summed E-state index contributed by atoms with van der Waals surface area (Å²) in [6, 6.07) is 9.60. The molecule has 0 saturated carbocycles. The van der Waals surface area contributed by atoms with Gasteiger partial charge in [0.05, 0.1) is 11.9 Å². The first-order chi connectivity index (χ1) is 9.65. The van der Waals surface area contributed by atoms with E-state index in [0.717, 1.165) is 5.56 Å². The Morgan fingerprint density at radius 1 is 1.25 bits per heavy atom. The van der Waals surface area contributed by atoms with E-state index >= 15 is 0 Å². The number of benzene rings is 1. The molecule has 0 aliphatic heterocycles. The highest BCUT2D eigenvalue weighted by Crippen LogP contribution is 2.27. The van der Waals surface area contributed by atoms with Crippen LogP contribution in [0.1, 0.15) is 5.56 Å². The van der Waals surface area contributed by atoms with E-state index in [9.17, 15) is 4.79 Å². The number of aromatic amines is 1. The predicted molar refractivity (Wildman–Crippen MR) is 81.1 cm³/mol. The standard InChI is InChI=1S/C14H10ClN3OS/c1-8-11(9-5-3-2-4-6-9)17-12(18-13(8)19)14-16-7-10(15)20-14/h2-7H,1H3,(H,17,18,19). The van der Waals surface area contributed by atoms with Crippen molar-refractivity contribution in [3.05, 3.63) is 56.8 Å². The normalized spacial score (nSPS) is 10.7. The predicted octanol–water partition coefficient (Wildman–Crippen LogP) is 3.52. The average molecular weight is 304 g/mol. The first-order valence-corrected chi connectivity index (χ1v) is 7.12. The third-order valence-corrected chi connectivity index (χ3v) is 4.00. The van der Waals surface area contributed by atoms with E-state index in [1.807, 2.05) is 30.3 Å². The summed E-state index contributed by atoms with van der Waals surface area (Å²) in [5.41, 5.74) is 1.98. The highest BCUT2D eigenvalue weighted by atomic mass is 35.5. The second-order valence-corrected chi connectivity index (χ2v) is 5.89. The Balaban J connectivity index is 2.21. The molecule has 0 spiro atoms. The number of hydrogen-bond acceptors (Lipinski definition) is 4. The maximum absolute atomic E-state index is 12.1. The minimum absolute atomic E-state index is 0.167. The lowest BCUT2D eigenvalue weighted by molar-refractivity contribution is 1.08. The summed E-state index contributed by atoms with van der Waals surface area (Å²) >= 11 is 7.16. The minimum atomic E-state index is -0.167. The maximum atomic E-state index is 12.1. The van der Waals surface area contributed by atoms with E-state index in [4.69, 9.17) is 11.6 Å². The Bertz CT molecular complexity index is 811. The van der Waals surface area contributed by atoms with Crippen LogP contribution in [0, 0.1) is 6.92 Å². The number of halogens is 1. The number of nitrogens with zero attached hydrogens (tertiary/aromatic N) is 2. The van der Waals surface area contributed by atoms with Gasteiger partial charge in [0.2, 0.25) is 0 Å². The van der Waals surface area contributed by atoms with Crippen LogP contribution in [0.5, 0.6) is 0 Å². The highest BCUT2D eigenvalue weighted by Gasteiger charge is 2.13. The zero-order valence-corrected chi connectivity index (χ0v) is 12.1. The van der Waals surface area contributed by atoms with Gasteiger partial charge in [-0.15, -0.1) is 0 Å². The molecular weight excluding hydrogens is 294 g/mol. The van der Waals surface area contributed by atoms with E-state index in [2.05, 4.69) is 15.0 Å². The van der Waals surface area contributed by atoms with Crippen molar-refractivity contribution in [1.29, 1.82) is 0 Å².